The van der Waals surface area contributed by atoms with E-state index in [9.17, 15) is 0 Å². The molecule has 0 saturated carbocycles. The molecule has 0 aromatic heterocycles. The molecule has 0 aliphatic rings. The normalized spacial score (nSPS) is 12.2. The molecule has 0 rings (SSSR count). The molecule has 0 unspecified atom stereocenters. The fourth-order valence-electron chi connectivity index (χ4n) is 2.64. The monoisotopic (exact) mass is 286 g/mol. The molecule has 0 radical (unpaired) electrons. The second kappa shape index (κ2) is 11.1. The first-order chi connectivity index (χ1) is 9.01. The molecule has 0 amide bonds. The summed E-state index contributed by atoms with van der Waals surface area (Å²) in [4.78, 5) is 2.28. The van der Waals surface area contributed by atoms with Gasteiger partial charge in [-0.25, -0.2) is 0 Å². The SMILES string of the molecule is CC[N](CC)[Al]([N](C)CCCN(C)C)[N](CC)CC. The van der Waals surface area contributed by atoms with Gasteiger partial charge in [0, 0.05) is 0 Å². The smallest absolute Gasteiger partial charge is 0.360 e. The summed E-state index contributed by atoms with van der Waals surface area (Å²) in [5.74, 6) is 0. The van der Waals surface area contributed by atoms with E-state index in [0.717, 1.165) is 0 Å². The quantitative estimate of drug-likeness (QED) is 0.534. The van der Waals surface area contributed by atoms with E-state index in [2.05, 4.69) is 65.4 Å². The van der Waals surface area contributed by atoms with Gasteiger partial charge in [-0.2, -0.15) is 0 Å². The van der Waals surface area contributed by atoms with Gasteiger partial charge in [0.15, 0.2) is 0 Å². The van der Waals surface area contributed by atoms with E-state index in [4.69, 9.17) is 0 Å². The van der Waals surface area contributed by atoms with Crippen LogP contribution in [-0.2, 0) is 0 Å². The van der Waals surface area contributed by atoms with Crippen LogP contribution >= 0.6 is 0 Å². The van der Waals surface area contributed by atoms with Gasteiger partial charge < -0.3 is 16.6 Å². The lowest BCUT2D eigenvalue weighted by molar-refractivity contribution is 0.294. The van der Waals surface area contributed by atoms with Crippen LogP contribution in [0.2, 0.25) is 0 Å². The van der Waals surface area contributed by atoms with Crippen molar-refractivity contribution in [1.82, 2.24) is 16.6 Å². The third kappa shape index (κ3) is 7.08. The predicted octanol–water partition coefficient (Wildman–Crippen LogP) is 1.54. The molecule has 0 saturated heterocycles. The summed E-state index contributed by atoms with van der Waals surface area (Å²) in [6, 6.07) is 0. The highest BCUT2D eigenvalue weighted by atomic mass is 27.2. The Morgan fingerprint density at radius 2 is 1.11 bits per heavy atom. The molecule has 0 aliphatic heterocycles. The maximum Gasteiger partial charge on any atom is 0.608 e. The molecule has 0 bridgehead atoms. The lowest BCUT2D eigenvalue weighted by Gasteiger charge is -2.38. The van der Waals surface area contributed by atoms with Crippen molar-refractivity contribution in [2.75, 3.05) is 60.4 Å². The second-order valence-electron chi connectivity index (χ2n) is 5.43. The minimum atomic E-state index is -1.14. The van der Waals surface area contributed by atoms with Crippen LogP contribution < -0.4 is 0 Å². The molecule has 0 N–H and O–H groups in total. The Balaban J connectivity index is 4.61. The largest absolute Gasteiger partial charge is 0.608 e. The molecule has 0 aliphatic carbocycles. The van der Waals surface area contributed by atoms with E-state index in [1.165, 1.54) is 45.7 Å². The van der Waals surface area contributed by atoms with E-state index in [-0.39, 0.29) is 0 Å². The van der Waals surface area contributed by atoms with Gasteiger partial charge in [0.05, 0.1) is 0 Å². The van der Waals surface area contributed by atoms with Crippen LogP contribution in [0.5, 0.6) is 0 Å². The van der Waals surface area contributed by atoms with Crippen LogP contribution in [0.15, 0.2) is 0 Å². The Morgan fingerprint density at radius 3 is 1.42 bits per heavy atom. The highest BCUT2D eigenvalue weighted by Crippen LogP contribution is 2.07. The predicted molar refractivity (Wildman–Crippen MR) is 87.4 cm³/mol. The minimum absolute atomic E-state index is 1.14. The molecule has 0 aromatic rings. The number of hydrogen-bond acceptors (Lipinski definition) is 4. The zero-order valence-corrected chi connectivity index (χ0v) is 15.5. The van der Waals surface area contributed by atoms with Gasteiger partial charge in [-0.1, -0.05) is 27.7 Å². The molecule has 19 heavy (non-hydrogen) atoms. The topological polar surface area (TPSA) is 13.0 Å². The number of rotatable bonds is 11. The molecule has 0 fully saturated rings. The molecule has 0 aromatic carbocycles. The Labute approximate surface area is 126 Å². The van der Waals surface area contributed by atoms with Gasteiger partial charge in [0.2, 0.25) is 0 Å². The Hall–Kier alpha value is 0.372. The van der Waals surface area contributed by atoms with Crippen molar-refractivity contribution < 1.29 is 0 Å². The summed E-state index contributed by atoms with van der Waals surface area (Å²) in [6.07, 6.45) is 1.26. The summed E-state index contributed by atoms with van der Waals surface area (Å²) in [6.45, 7) is 16.2. The van der Waals surface area contributed by atoms with Gasteiger partial charge in [-0.15, -0.1) is 0 Å². The Bertz CT molecular complexity index is 194. The summed E-state index contributed by atoms with van der Waals surface area (Å²) in [5, 5.41) is 0. The lowest BCUT2D eigenvalue weighted by Crippen LogP contribution is -2.62. The maximum atomic E-state index is 2.68. The average Bonchev–Trinajstić information content (AvgIpc) is 2.38. The van der Waals surface area contributed by atoms with Crippen molar-refractivity contribution in [3.05, 3.63) is 0 Å². The van der Waals surface area contributed by atoms with Crippen LogP contribution in [0.1, 0.15) is 34.1 Å². The van der Waals surface area contributed by atoms with Crippen LogP contribution in [-0.4, -0.2) is 91.8 Å². The van der Waals surface area contributed by atoms with Crippen LogP contribution in [0, 0.1) is 0 Å². The third-order valence-corrected chi connectivity index (χ3v) is 7.60. The van der Waals surface area contributed by atoms with E-state index in [1.807, 2.05) is 0 Å². The number of hydrogen-bond donors (Lipinski definition) is 0. The van der Waals surface area contributed by atoms with Gasteiger partial charge >= 0.3 is 14.8 Å². The molecule has 4 nitrogen and oxygen atoms in total. The van der Waals surface area contributed by atoms with Crippen molar-refractivity contribution >= 4 is 14.8 Å². The molecule has 0 atom stereocenters. The fraction of sp³-hybridized carbons (Fsp3) is 1.00. The highest BCUT2D eigenvalue weighted by Gasteiger charge is 2.37. The zero-order chi connectivity index (χ0) is 14.8. The van der Waals surface area contributed by atoms with Crippen LogP contribution in [0.3, 0.4) is 0 Å². The first-order valence-corrected chi connectivity index (χ1v) is 9.39. The Morgan fingerprint density at radius 1 is 0.684 bits per heavy atom. The summed E-state index contributed by atoms with van der Waals surface area (Å²) in [5.41, 5.74) is 0. The van der Waals surface area contributed by atoms with Crippen LogP contribution in [0.4, 0.5) is 0 Å². The summed E-state index contributed by atoms with van der Waals surface area (Å²) >= 11 is -1.14. The van der Waals surface area contributed by atoms with E-state index in [0.29, 0.717) is 0 Å². The van der Waals surface area contributed by atoms with Gasteiger partial charge in [0.1, 0.15) is 0 Å². The standard InChI is InChI=1S/C6H15N2.2C4H10N.Al/c1-7-5-4-6-8(2)3;2*1-3-5-4-2;/h4-6H2,1-3H3;2*3-4H2,1-2H3;/q3*-1;+3. The van der Waals surface area contributed by atoms with E-state index >= 15 is 0 Å². The first-order valence-electron chi connectivity index (χ1n) is 7.84. The minimum Gasteiger partial charge on any atom is -0.360 e. The van der Waals surface area contributed by atoms with Gasteiger partial charge in [-0.05, 0) is 66.8 Å². The third-order valence-electron chi connectivity index (χ3n) is 3.79. The van der Waals surface area contributed by atoms with Crippen molar-refractivity contribution in [3.63, 3.8) is 0 Å². The first kappa shape index (κ1) is 19.4. The lowest BCUT2D eigenvalue weighted by atomic mass is 10.4. The van der Waals surface area contributed by atoms with E-state index < -0.39 is 14.8 Å². The molecule has 0 heterocycles. The second-order valence-corrected chi connectivity index (χ2v) is 8.46. The van der Waals surface area contributed by atoms with Crippen LogP contribution in [0.25, 0.3) is 0 Å². The highest BCUT2D eigenvalue weighted by molar-refractivity contribution is 6.49. The van der Waals surface area contributed by atoms with Gasteiger partial charge in [0.25, 0.3) is 0 Å². The molecular formula is C14H35AlN4. The van der Waals surface area contributed by atoms with Crippen molar-refractivity contribution in [3.8, 4) is 0 Å². The zero-order valence-electron chi connectivity index (χ0n) is 14.3. The van der Waals surface area contributed by atoms with Crippen molar-refractivity contribution in [1.29, 1.82) is 0 Å². The molecular weight excluding hydrogens is 251 g/mol. The molecule has 5 heteroatoms. The molecule has 0 spiro atoms. The molecule has 114 valence electrons. The Kier molecular flexibility index (Phi) is 11.3. The van der Waals surface area contributed by atoms with Gasteiger partial charge in [-0.3, -0.25) is 0 Å². The van der Waals surface area contributed by atoms with Crippen molar-refractivity contribution in [2.45, 2.75) is 34.1 Å². The summed E-state index contributed by atoms with van der Waals surface area (Å²) < 4.78 is 8.01. The van der Waals surface area contributed by atoms with E-state index in [1.54, 1.807) is 0 Å². The summed E-state index contributed by atoms with van der Waals surface area (Å²) in [7, 11) is 6.64. The van der Waals surface area contributed by atoms with Crippen molar-refractivity contribution in [2.24, 2.45) is 0 Å². The average molecular weight is 286 g/mol. The maximum absolute atomic E-state index is 2.68. The fourth-order valence-corrected chi connectivity index (χ4v) is 5.94. The number of nitrogens with zero attached hydrogens (tertiary/aromatic N) is 4.